The van der Waals surface area contributed by atoms with E-state index < -0.39 is 35.0 Å². The van der Waals surface area contributed by atoms with E-state index in [1.807, 2.05) is 0 Å². The van der Waals surface area contributed by atoms with E-state index in [2.05, 4.69) is 15.6 Å². The van der Waals surface area contributed by atoms with Crippen molar-refractivity contribution >= 4 is 39.9 Å². The van der Waals surface area contributed by atoms with Crippen molar-refractivity contribution in [3.63, 3.8) is 0 Å². The highest BCUT2D eigenvalue weighted by Gasteiger charge is 2.37. The summed E-state index contributed by atoms with van der Waals surface area (Å²) >= 11 is 2.01. The monoisotopic (exact) mass is 519 g/mol. The van der Waals surface area contributed by atoms with Gasteiger partial charge in [0.25, 0.3) is 5.91 Å². The van der Waals surface area contributed by atoms with Gasteiger partial charge in [-0.25, -0.2) is 4.98 Å². The van der Waals surface area contributed by atoms with Crippen LogP contribution in [-0.2, 0) is 17.1 Å². The van der Waals surface area contributed by atoms with Crippen LogP contribution < -0.4 is 10.6 Å². The van der Waals surface area contributed by atoms with Gasteiger partial charge in [-0.15, -0.1) is 0 Å². The normalized spacial score (nSPS) is 11.9. The second kappa shape index (κ2) is 10.1. The van der Waals surface area contributed by atoms with E-state index in [0.29, 0.717) is 22.0 Å². The summed E-state index contributed by atoms with van der Waals surface area (Å²) in [6.07, 6.45) is -10.2. The lowest BCUT2D eigenvalue weighted by Crippen LogP contribution is -2.19. The van der Waals surface area contributed by atoms with Crippen molar-refractivity contribution in [1.82, 2.24) is 10.3 Å². The third-order valence-electron chi connectivity index (χ3n) is 4.34. The first-order valence-electron chi connectivity index (χ1n) is 9.39. The summed E-state index contributed by atoms with van der Waals surface area (Å²) in [6, 6.07) is 9.13. The first-order valence-corrected chi connectivity index (χ1v) is 11.2. The van der Waals surface area contributed by atoms with E-state index in [9.17, 15) is 35.9 Å². The minimum absolute atomic E-state index is 0.0220. The Morgan fingerprint density at radius 3 is 2.09 bits per heavy atom. The number of alkyl halides is 6. The van der Waals surface area contributed by atoms with Crippen molar-refractivity contribution in [2.24, 2.45) is 0 Å². The van der Waals surface area contributed by atoms with Crippen molar-refractivity contribution in [1.29, 1.82) is 0 Å². The number of carbonyl (C=O) groups is 2. The first-order chi connectivity index (χ1) is 15.9. The van der Waals surface area contributed by atoms with Gasteiger partial charge in [-0.1, -0.05) is 53.4 Å². The molecule has 0 spiro atoms. The molecule has 0 unspecified atom stereocenters. The SMILES string of the molecule is CNC(=O)CSc1nc(-c2ccccc2)c(NC(=O)c2cc(C(F)(F)F)cc(C(F)(F)F)c2)s1. The average molecular weight is 519 g/mol. The second-order valence-corrected chi connectivity index (χ2v) is 8.96. The van der Waals surface area contributed by atoms with Gasteiger partial charge < -0.3 is 10.6 Å². The minimum Gasteiger partial charge on any atom is -0.358 e. The van der Waals surface area contributed by atoms with Crippen LogP contribution in [-0.4, -0.2) is 29.6 Å². The molecule has 1 heterocycles. The van der Waals surface area contributed by atoms with Crippen LogP contribution in [0.1, 0.15) is 21.5 Å². The summed E-state index contributed by atoms with van der Waals surface area (Å²) in [4.78, 5) is 28.6. The maximum atomic E-state index is 13.2. The number of rotatable bonds is 6. The van der Waals surface area contributed by atoms with Crippen LogP contribution in [0.3, 0.4) is 0 Å². The number of carbonyl (C=O) groups excluding carboxylic acids is 2. The zero-order chi connectivity index (χ0) is 25.1. The van der Waals surface area contributed by atoms with Gasteiger partial charge in [0.1, 0.15) is 10.7 Å². The van der Waals surface area contributed by atoms with Gasteiger partial charge in [0.05, 0.1) is 16.9 Å². The topological polar surface area (TPSA) is 71.1 Å². The Morgan fingerprint density at radius 1 is 0.971 bits per heavy atom. The van der Waals surface area contributed by atoms with E-state index in [4.69, 9.17) is 0 Å². The Hall–Kier alpha value is -3.06. The summed E-state index contributed by atoms with van der Waals surface area (Å²) in [5.74, 6) is -1.43. The highest BCUT2D eigenvalue weighted by Crippen LogP contribution is 2.39. The molecule has 13 heteroatoms. The largest absolute Gasteiger partial charge is 0.416 e. The van der Waals surface area contributed by atoms with Gasteiger partial charge in [0.2, 0.25) is 5.91 Å². The number of amides is 2. The summed E-state index contributed by atoms with van der Waals surface area (Å²) in [5, 5.41) is 4.93. The highest BCUT2D eigenvalue weighted by molar-refractivity contribution is 8.01. The molecule has 0 bridgehead atoms. The Morgan fingerprint density at radius 2 is 1.56 bits per heavy atom. The van der Waals surface area contributed by atoms with Gasteiger partial charge in [-0.2, -0.15) is 26.3 Å². The Labute approximate surface area is 197 Å². The van der Waals surface area contributed by atoms with Crippen LogP contribution in [0.15, 0.2) is 52.9 Å². The second-order valence-electron chi connectivity index (χ2n) is 6.73. The molecule has 3 rings (SSSR count). The Kier molecular flexibility index (Phi) is 7.56. The molecule has 2 N–H and O–H groups in total. The molecule has 0 fully saturated rings. The molecule has 0 atom stereocenters. The number of hydrogen-bond acceptors (Lipinski definition) is 5. The number of nitrogens with one attached hydrogen (secondary N) is 2. The molecule has 2 amide bonds. The van der Waals surface area contributed by atoms with E-state index in [-0.39, 0.29) is 28.4 Å². The van der Waals surface area contributed by atoms with Gasteiger partial charge in [-0.05, 0) is 18.2 Å². The summed E-state index contributed by atoms with van der Waals surface area (Å²) < 4.78 is 79.3. The molecule has 0 aliphatic rings. The molecule has 0 saturated heterocycles. The molecule has 0 radical (unpaired) electrons. The first kappa shape index (κ1) is 25.6. The van der Waals surface area contributed by atoms with Crippen LogP contribution in [0.2, 0.25) is 0 Å². The summed E-state index contributed by atoms with van der Waals surface area (Å²) in [6.45, 7) is 0. The lowest BCUT2D eigenvalue weighted by atomic mass is 10.0. The maximum Gasteiger partial charge on any atom is 0.416 e. The predicted octanol–water partition coefficient (Wildman–Crippen LogP) is 5.94. The van der Waals surface area contributed by atoms with Crippen LogP contribution in [0.25, 0.3) is 11.3 Å². The van der Waals surface area contributed by atoms with E-state index in [0.717, 1.165) is 23.1 Å². The minimum atomic E-state index is -5.08. The fourth-order valence-corrected chi connectivity index (χ4v) is 4.63. The molecule has 34 heavy (non-hydrogen) atoms. The smallest absolute Gasteiger partial charge is 0.358 e. The van der Waals surface area contributed by atoms with Gasteiger partial charge in [0.15, 0.2) is 4.34 Å². The molecule has 180 valence electrons. The van der Waals surface area contributed by atoms with Gasteiger partial charge >= 0.3 is 12.4 Å². The zero-order valence-corrected chi connectivity index (χ0v) is 18.8. The Bertz CT molecular complexity index is 1160. The third kappa shape index (κ3) is 6.29. The molecule has 0 aliphatic carbocycles. The number of aromatic nitrogens is 1. The number of benzene rings is 2. The van der Waals surface area contributed by atoms with Crippen LogP contribution in [0.5, 0.6) is 0 Å². The average Bonchev–Trinajstić information content (AvgIpc) is 3.19. The van der Waals surface area contributed by atoms with Crippen LogP contribution >= 0.6 is 23.1 Å². The molecule has 1 aromatic heterocycles. The fourth-order valence-electron chi connectivity index (χ4n) is 2.70. The molecular weight excluding hydrogens is 504 g/mol. The standard InChI is InChI=1S/C21H15F6N3O2S2/c1-28-15(31)10-33-19-29-16(11-5-3-2-4-6-11)18(34-19)30-17(32)12-7-13(20(22,23)24)9-14(8-12)21(25,26)27/h2-9H,10H2,1H3,(H,28,31)(H,30,32). The molecule has 3 aromatic rings. The lowest BCUT2D eigenvalue weighted by molar-refractivity contribution is -0.143. The summed E-state index contributed by atoms with van der Waals surface area (Å²) in [5.41, 5.74) is -3.18. The Balaban J connectivity index is 1.99. The van der Waals surface area contributed by atoms with Crippen molar-refractivity contribution < 1.29 is 35.9 Å². The molecule has 0 aliphatic heterocycles. The number of anilines is 1. The van der Waals surface area contributed by atoms with Crippen LogP contribution in [0, 0.1) is 0 Å². The lowest BCUT2D eigenvalue weighted by Gasteiger charge is -2.14. The number of thiazole rings is 1. The number of halogens is 6. The van der Waals surface area contributed by atoms with E-state index >= 15 is 0 Å². The highest BCUT2D eigenvalue weighted by atomic mass is 32.2. The van der Waals surface area contributed by atoms with E-state index in [1.54, 1.807) is 30.3 Å². The summed E-state index contributed by atoms with van der Waals surface area (Å²) in [7, 11) is 1.45. The molecule has 5 nitrogen and oxygen atoms in total. The van der Waals surface area contributed by atoms with Gasteiger partial charge in [-0.3, -0.25) is 9.59 Å². The zero-order valence-electron chi connectivity index (χ0n) is 17.2. The number of thioether (sulfide) groups is 1. The van der Waals surface area contributed by atoms with Gasteiger partial charge in [0, 0.05) is 18.2 Å². The fraction of sp³-hybridized carbons (Fsp3) is 0.190. The van der Waals surface area contributed by atoms with Crippen LogP contribution in [0.4, 0.5) is 31.3 Å². The van der Waals surface area contributed by atoms with Crippen molar-refractivity contribution in [2.75, 3.05) is 18.1 Å². The molecular formula is C21H15F6N3O2S2. The maximum absolute atomic E-state index is 13.2. The number of hydrogen-bond donors (Lipinski definition) is 2. The van der Waals surface area contributed by atoms with Crippen molar-refractivity contribution in [3.8, 4) is 11.3 Å². The van der Waals surface area contributed by atoms with Crippen molar-refractivity contribution in [2.45, 2.75) is 16.7 Å². The molecule has 0 saturated carbocycles. The van der Waals surface area contributed by atoms with E-state index in [1.165, 1.54) is 7.05 Å². The quantitative estimate of drug-likeness (QED) is 0.313. The predicted molar refractivity (Wildman–Crippen MR) is 117 cm³/mol. The number of nitrogens with zero attached hydrogens (tertiary/aromatic N) is 1. The third-order valence-corrected chi connectivity index (χ3v) is 6.45. The molecule has 2 aromatic carbocycles. The van der Waals surface area contributed by atoms with Crippen molar-refractivity contribution in [3.05, 3.63) is 65.2 Å².